The first-order valence-corrected chi connectivity index (χ1v) is 10.9. The van der Waals surface area contributed by atoms with E-state index in [1.807, 2.05) is 24.3 Å². The summed E-state index contributed by atoms with van der Waals surface area (Å²) < 4.78 is 10.7. The molecule has 4 aliphatic rings. The Kier molecular flexibility index (Phi) is 5.01. The van der Waals surface area contributed by atoms with Gasteiger partial charge in [0.05, 0.1) is 18.4 Å². The third-order valence-electron chi connectivity index (χ3n) is 6.96. The van der Waals surface area contributed by atoms with Crippen LogP contribution >= 0.6 is 0 Å². The molecule has 0 radical (unpaired) electrons. The van der Waals surface area contributed by atoms with Gasteiger partial charge in [-0.3, -0.25) is 4.79 Å². The number of carbonyl (C=O) groups is 2. The molecule has 4 saturated carbocycles. The number of esters is 1. The van der Waals surface area contributed by atoms with Gasteiger partial charge in [-0.15, -0.1) is 0 Å². The van der Waals surface area contributed by atoms with Gasteiger partial charge in [-0.2, -0.15) is 0 Å². The highest BCUT2D eigenvalue weighted by Crippen LogP contribution is 2.55. The highest BCUT2D eigenvalue weighted by atomic mass is 16.5. The van der Waals surface area contributed by atoms with Gasteiger partial charge in [0.2, 0.25) is 0 Å². The van der Waals surface area contributed by atoms with Crippen molar-refractivity contribution < 1.29 is 18.7 Å². The Morgan fingerprint density at radius 3 is 2.37 bits per heavy atom. The molecular formula is C24H28N2O4. The zero-order valence-corrected chi connectivity index (χ0v) is 17.1. The summed E-state index contributed by atoms with van der Waals surface area (Å²) in [5.41, 5.74) is 0.993. The first-order valence-electron chi connectivity index (χ1n) is 10.9. The second-order valence-electron chi connectivity index (χ2n) is 9.30. The number of ether oxygens (including phenoxy) is 1. The van der Waals surface area contributed by atoms with E-state index in [9.17, 15) is 9.59 Å². The van der Waals surface area contributed by atoms with Gasteiger partial charge in [0.1, 0.15) is 5.76 Å². The van der Waals surface area contributed by atoms with E-state index in [1.165, 1.54) is 19.3 Å². The molecule has 0 spiro atoms. The summed E-state index contributed by atoms with van der Waals surface area (Å²) in [5.74, 6) is 2.35. The van der Waals surface area contributed by atoms with Crippen molar-refractivity contribution in [2.75, 3.05) is 11.9 Å². The highest BCUT2D eigenvalue weighted by Gasteiger charge is 2.51. The standard InChI is InChI=1S/C24H28N2O4/c27-22(26-24-11-16-8-17(12-24)10-18(9-16)13-24)15-30-23(28)20-5-1-2-6-21(20)25-14-19-4-3-7-29-19/h1-7,16-18,25H,8-15H2,(H,26,27). The molecule has 0 aliphatic heterocycles. The minimum atomic E-state index is -0.502. The summed E-state index contributed by atoms with van der Waals surface area (Å²) in [6.45, 7) is 0.219. The van der Waals surface area contributed by atoms with Crippen LogP contribution in [0.5, 0.6) is 0 Å². The fourth-order valence-electron chi connectivity index (χ4n) is 6.22. The van der Waals surface area contributed by atoms with Crippen LogP contribution in [-0.2, 0) is 16.1 Å². The lowest BCUT2D eigenvalue weighted by molar-refractivity contribution is -0.130. The molecule has 0 saturated heterocycles. The Bertz CT molecular complexity index is 886. The van der Waals surface area contributed by atoms with E-state index < -0.39 is 5.97 Å². The second-order valence-corrected chi connectivity index (χ2v) is 9.30. The number of hydrogen-bond donors (Lipinski definition) is 2. The van der Waals surface area contributed by atoms with Crippen molar-refractivity contribution in [3.8, 4) is 0 Å². The number of benzene rings is 1. The van der Waals surface area contributed by atoms with Crippen molar-refractivity contribution in [3.05, 3.63) is 54.0 Å². The normalized spacial score (nSPS) is 28.9. The Morgan fingerprint density at radius 2 is 1.70 bits per heavy atom. The van der Waals surface area contributed by atoms with Crippen LogP contribution in [0.15, 0.2) is 47.1 Å². The van der Waals surface area contributed by atoms with Crippen LogP contribution < -0.4 is 10.6 Å². The highest BCUT2D eigenvalue weighted by molar-refractivity contribution is 5.96. The number of amides is 1. The number of carbonyl (C=O) groups excluding carboxylic acids is 2. The average molecular weight is 408 g/mol. The van der Waals surface area contributed by atoms with Gasteiger partial charge < -0.3 is 19.8 Å². The number of nitrogens with one attached hydrogen (secondary N) is 2. The molecule has 4 aliphatic carbocycles. The predicted molar refractivity (Wildman–Crippen MR) is 112 cm³/mol. The van der Waals surface area contributed by atoms with Crippen LogP contribution in [0.4, 0.5) is 5.69 Å². The van der Waals surface area contributed by atoms with E-state index >= 15 is 0 Å². The Balaban J connectivity index is 1.17. The molecule has 1 amide bonds. The van der Waals surface area contributed by atoms with Gasteiger partial charge in [-0.05, 0) is 80.5 Å². The maximum absolute atomic E-state index is 12.6. The fraction of sp³-hybridized carbons (Fsp3) is 0.500. The minimum absolute atomic E-state index is 0.0687. The summed E-state index contributed by atoms with van der Waals surface area (Å²) in [6, 6.07) is 10.8. The van der Waals surface area contributed by atoms with Gasteiger partial charge in [0, 0.05) is 11.2 Å². The topological polar surface area (TPSA) is 80.6 Å². The number of furan rings is 1. The quantitative estimate of drug-likeness (QED) is 0.673. The molecule has 158 valence electrons. The van der Waals surface area contributed by atoms with E-state index in [0.29, 0.717) is 17.8 Å². The van der Waals surface area contributed by atoms with E-state index in [-0.39, 0.29) is 18.1 Å². The fourth-order valence-corrected chi connectivity index (χ4v) is 6.22. The molecule has 6 nitrogen and oxygen atoms in total. The van der Waals surface area contributed by atoms with Crippen LogP contribution in [-0.4, -0.2) is 24.0 Å². The van der Waals surface area contributed by atoms with Crippen molar-refractivity contribution in [2.45, 2.75) is 50.6 Å². The Hall–Kier alpha value is -2.76. The van der Waals surface area contributed by atoms with E-state index in [2.05, 4.69) is 10.6 Å². The molecule has 6 heteroatoms. The van der Waals surface area contributed by atoms with E-state index in [1.54, 1.807) is 18.4 Å². The van der Waals surface area contributed by atoms with E-state index in [4.69, 9.17) is 9.15 Å². The molecule has 1 aromatic heterocycles. The summed E-state index contributed by atoms with van der Waals surface area (Å²) in [7, 11) is 0. The van der Waals surface area contributed by atoms with Crippen LogP contribution in [0, 0.1) is 17.8 Å². The number of rotatable bonds is 7. The molecule has 1 aromatic carbocycles. The lowest BCUT2D eigenvalue weighted by Gasteiger charge is -2.56. The molecule has 2 N–H and O–H groups in total. The van der Waals surface area contributed by atoms with Crippen molar-refractivity contribution in [1.82, 2.24) is 5.32 Å². The molecule has 4 fully saturated rings. The Labute approximate surface area is 176 Å². The zero-order valence-electron chi connectivity index (χ0n) is 17.1. The molecule has 0 unspecified atom stereocenters. The second kappa shape index (κ2) is 7.82. The van der Waals surface area contributed by atoms with Crippen LogP contribution in [0.3, 0.4) is 0 Å². The van der Waals surface area contributed by atoms with Crippen LogP contribution in [0.25, 0.3) is 0 Å². The predicted octanol–water partition coefficient (Wildman–Crippen LogP) is 4.13. The number of anilines is 1. The molecule has 1 heterocycles. The molecule has 4 bridgehead atoms. The van der Waals surface area contributed by atoms with Crippen molar-refractivity contribution in [3.63, 3.8) is 0 Å². The molecule has 30 heavy (non-hydrogen) atoms. The van der Waals surface area contributed by atoms with Gasteiger partial charge in [0.15, 0.2) is 6.61 Å². The third-order valence-corrected chi connectivity index (χ3v) is 6.96. The van der Waals surface area contributed by atoms with Crippen LogP contribution in [0.2, 0.25) is 0 Å². The maximum atomic E-state index is 12.6. The SMILES string of the molecule is O=C(COC(=O)c1ccccc1NCc1ccco1)NC12CC3CC(CC(C3)C1)C2. The van der Waals surface area contributed by atoms with E-state index in [0.717, 1.165) is 42.8 Å². The molecule has 6 rings (SSSR count). The smallest absolute Gasteiger partial charge is 0.340 e. The average Bonchev–Trinajstić information content (AvgIpc) is 3.23. The molecule has 0 atom stereocenters. The lowest BCUT2D eigenvalue weighted by Crippen LogP contribution is -2.60. The number of para-hydroxylation sites is 1. The largest absolute Gasteiger partial charge is 0.467 e. The molecular weight excluding hydrogens is 380 g/mol. The maximum Gasteiger partial charge on any atom is 0.340 e. The van der Waals surface area contributed by atoms with Crippen molar-refractivity contribution in [1.29, 1.82) is 0 Å². The zero-order chi connectivity index (χ0) is 20.6. The third kappa shape index (κ3) is 3.95. The van der Waals surface area contributed by atoms with Crippen LogP contribution in [0.1, 0.15) is 54.6 Å². The lowest BCUT2D eigenvalue weighted by atomic mass is 9.53. The molecule has 2 aromatic rings. The first kappa shape index (κ1) is 19.2. The first-order chi connectivity index (χ1) is 14.6. The summed E-state index contributed by atoms with van der Waals surface area (Å²) in [5, 5.41) is 6.44. The monoisotopic (exact) mass is 408 g/mol. The van der Waals surface area contributed by atoms with Crippen molar-refractivity contribution in [2.24, 2.45) is 17.8 Å². The van der Waals surface area contributed by atoms with Gasteiger partial charge in [-0.1, -0.05) is 12.1 Å². The van der Waals surface area contributed by atoms with Gasteiger partial charge in [0.25, 0.3) is 5.91 Å². The summed E-state index contributed by atoms with van der Waals surface area (Å²) >= 11 is 0. The summed E-state index contributed by atoms with van der Waals surface area (Å²) in [6.07, 6.45) is 8.83. The minimum Gasteiger partial charge on any atom is -0.467 e. The van der Waals surface area contributed by atoms with Crippen molar-refractivity contribution >= 4 is 17.6 Å². The Morgan fingerprint density at radius 1 is 1.00 bits per heavy atom. The van der Waals surface area contributed by atoms with Gasteiger partial charge >= 0.3 is 5.97 Å². The van der Waals surface area contributed by atoms with Gasteiger partial charge in [-0.25, -0.2) is 4.79 Å². The summed E-state index contributed by atoms with van der Waals surface area (Å²) in [4.78, 5) is 25.2. The number of hydrogen-bond acceptors (Lipinski definition) is 5.